The predicted octanol–water partition coefficient (Wildman–Crippen LogP) is 3.94. The van der Waals surface area contributed by atoms with Gasteiger partial charge < -0.3 is 20.1 Å². The van der Waals surface area contributed by atoms with Crippen molar-refractivity contribution >= 4 is 36.5 Å². The Morgan fingerprint density at radius 3 is 2.52 bits per heavy atom. The quantitative estimate of drug-likeness (QED) is 0.592. The van der Waals surface area contributed by atoms with Crippen LogP contribution in [-0.2, 0) is 11.2 Å². The Kier molecular flexibility index (Phi) is 5.41. The summed E-state index contributed by atoms with van der Waals surface area (Å²) in [4.78, 5) is 21.7. The number of nitrogens with one attached hydrogen (secondary N) is 2. The molecule has 0 bridgehead atoms. The first-order valence-electron chi connectivity index (χ1n) is 10.1. The van der Waals surface area contributed by atoms with Crippen LogP contribution >= 0.6 is 0 Å². The zero-order valence-corrected chi connectivity index (χ0v) is 19.4. The average molecular weight is 435 g/mol. The van der Waals surface area contributed by atoms with Crippen LogP contribution < -0.4 is 25.3 Å². The lowest BCUT2D eigenvalue weighted by molar-refractivity contribution is -0.115. The molecule has 1 aliphatic rings. The predicted molar refractivity (Wildman–Crippen MR) is 126 cm³/mol. The van der Waals surface area contributed by atoms with Crippen LogP contribution in [0.5, 0.6) is 11.5 Å². The fraction of sp³-hybridized carbons (Fsp3) is 0.261. The first-order chi connectivity index (χ1) is 14.8. The summed E-state index contributed by atoms with van der Waals surface area (Å²) in [6.07, 6.45) is 1.95. The van der Waals surface area contributed by atoms with Crippen LogP contribution in [0.4, 0.5) is 17.3 Å². The lowest BCUT2D eigenvalue weighted by Crippen LogP contribution is -2.37. The minimum Gasteiger partial charge on any atom is -0.493 e. The van der Waals surface area contributed by atoms with E-state index in [2.05, 4.69) is 53.5 Å². The van der Waals surface area contributed by atoms with E-state index >= 15 is 0 Å². The highest BCUT2D eigenvalue weighted by Gasteiger charge is 2.24. The van der Waals surface area contributed by atoms with Crippen LogP contribution in [0.1, 0.15) is 5.56 Å². The summed E-state index contributed by atoms with van der Waals surface area (Å²) in [7, 11) is 1.67. The van der Waals surface area contributed by atoms with Gasteiger partial charge in [-0.3, -0.25) is 4.79 Å². The minimum atomic E-state index is -1.52. The number of amides is 1. The van der Waals surface area contributed by atoms with Gasteiger partial charge in [0.25, 0.3) is 0 Å². The molecule has 0 aliphatic carbocycles. The highest BCUT2D eigenvalue weighted by atomic mass is 28.3. The van der Waals surface area contributed by atoms with E-state index in [1.807, 2.05) is 18.2 Å². The van der Waals surface area contributed by atoms with Gasteiger partial charge in [-0.2, -0.15) is 0 Å². The van der Waals surface area contributed by atoms with Crippen molar-refractivity contribution in [2.45, 2.75) is 26.1 Å². The van der Waals surface area contributed by atoms with E-state index in [4.69, 9.17) is 14.5 Å². The van der Waals surface area contributed by atoms with Gasteiger partial charge in [0.1, 0.15) is 0 Å². The van der Waals surface area contributed by atoms with Gasteiger partial charge in [-0.15, -0.1) is 0 Å². The third kappa shape index (κ3) is 4.24. The molecule has 2 heterocycles. The minimum absolute atomic E-state index is 0.0584. The van der Waals surface area contributed by atoms with E-state index in [9.17, 15) is 4.79 Å². The van der Waals surface area contributed by atoms with E-state index in [0.717, 1.165) is 28.2 Å². The van der Waals surface area contributed by atoms with E-state index < -0.39 is 8.07 Å². The molecule has 31 heavy (non-hydrogen) atoms. The van der Waals surface area contributed by atoms with Gasteiger partial charge in [0, 0.05) is 29.1 Å². The van der Waals surface area contributed by atoms with Crippen LogP contribution in [-0.4, -0.2) is 38.2 Å². The molecule has 0 saturated heterocycles. The highest BCUT2D eigenvalue weighted by Crippen LogP contribution is 2.34. The van der Waals surface area contributed by atoms with Gasteiger partial charge in [0.15, 0.2) is 11.5 Å². The van der Waals surface area contributed by atoms with Gasteiger partial charge in [0.05, 0.1) is 40.1 Å². The number of hydrogen-bond acceptors (Lipinski definition) is 6. The van der Waals surface area contributed by atoms with E-state index in [-0.39, 0.29) is 12.3 Å². The summed E-state index contributed by atoms with van der Waals surface area (Å²) in [5.74, 6) is 1.64. The maximum Gasteiger partial charge on any atom is 0.228 e. The largest absolute Gasteiger partial charge is 0.493 e. The molecule has 0 unspecified atom stereocenters. The molecule has 1 aromatic heterocycles. The number of carbonyl (C=O) groups is 1. The van der Waals surface area contributed by atoms with Crippen LogP contribution in [0.2, 0.25) is 19.6 Å². The molecule has 1 amide bonds. The first-order valence-corrected chi connectivity index (χ1v) is 13.6. The molecule has 0 spiro atoms. The van der Waals surface area contributed by atoms with Gasteiger partial charge >= 0.3 is 0 Å². The highest BCUT2D eigenvalue weighted by molar-refractivity contribution is 6.88. The second kappa shape index (κ2) is 8.03. The zero-order valence-electron chi connectivity index (χ0n) is 18.4. The van der Waals surface area contributed by atoms with Crippen molar-refractivity contribution in [2.24, 2.45) is 0 Å². The molecular weight excluding hydrogens is 408 g/mol. The van der Waals surface area contributed by atoms with Crippen LogP contribution in [0.3, 0.4) is 0 Å². The fourth-order valence-electron chi connectivity index (χ4n) is 3.56. The molecule has 0 fully saturated rings. The number of methoxy groups -OCH3 is 2. The smallest absolute Gasteiger partial charge is 0.228 e. The SMILES string of the molecule is COc1ccc(Nc2ncc3c(n2)-c2ccc([Si](C)(C)C)cc2NC(=O)C3)cc1OC. The van der Waals surface area contributed by atoms with Crippen LogP contribution in [0.15, 0.2) is 42.6 Å². The number of aromatic nitrogens is 2. The molecule has 2 N–H and O–H groups in total. The Morgan fingerprint density at radius 1 is 1.03 bits per heavy atom. The van der Waals surface area contributed by atoms with Gasteiger partial charge in [0.2, 0.25) is 11.9 Å². The molecule has 2 aromatic carbocycles. The average Bonchev–Trinajstić information content (AvgIpc) is 2.87. The van der Waals surface area contributed by atoms with Crippen molar-refractivity contribution in [1.82, 2.24) is 9.97 Å². The molecule has 0 radical (unpaired) electrons. The molecule has 0 atom stereocenters. The molecular formula is C23H26N4O3Si. The molecule has 3 aromatic rings. The summed E-state index contributed by atoms with van der Waals surface area (Å²) < 4.78 is 10.7. The van der Waals surface area contributed by atoms with Gasteiger partial charge in [-0.1, -0.05) is 37.0 Å². The summed E-state index contributed by atoms with van der Waals surface area (Å²) in [5.41, 5.74) is 4.04. The number of ether oxygens (including phenoxy) is 2. The van der Waals surface area contributed by atoms with Crippen molar-refractivity contribution in [3.05, 3.63) is 48.2 Å². The summed E-state index contributed by atoms with van der Waals surface area (Å²) >= 11 is 0. The number of benzene rings is 2. The van der Waals surface area contributed by atoms with Crippen molar-refractivity contribution in [1.29, 1.82) is 0 Å². The maximum atomic E-state index is 12.5. The Morgan fingerprint density at radius 2 is 1.81 bits per heavy atom. The molecule has 7 nitrogen and oxygen atoms in total. The lowest BCUT2D eigenvalue weighted by atomic mass is 10.1. The van der Waals surface area contributed by atoms with Gasteiger partial charge in [-0.25, -0.2) is 9.97 Å². The molecule has 160 valence electrons. The number of fused-ring (bicyclic) bond motifs is 3. The zero-order chi connectivity index (χ0) is 22.2. The normalized spacial score (nSPS) is 12.9. The Labute approximate surface area is 182 Å². The molecule has 0 saturated carbocycles. The first kappa shape index (κ1) is 20.9. The van der Waals surface area contributed by atoms with E-state index in [0.29, 0.717) is 17.4 Å². The Balaban J connectivity index is 1.74. The van der Waals surface area contributed by atoms with E-state index in [1.165, 1.54) is 5.19 Å². The second-order valence-corrected chi connectivity index (χ2v) is 13.6. The van der Waals surface area contributed by atoms with Crippen molar-refractivity contribution in [2.75, 3.05) is 24.9 Å². The lowest BCUT2D eigenvalue weighted by Gasteiger charge is -2.19. The standard InChI is InChI=1S/C23H26N4O3Si/c1-29-19-9-6-15(11-20(19)30-2)25-23-24-13-14-10-21(28)26-18-12-16(31(3,4)5)7-8-17(18)22(14)27-23/h6-9,11-13H,10H2,1-5H3,(H,26,28)(H,24,25,27). The summed E-state index contributed by atoms with van der Waals surface area (Å²) in [5, 5.41) is 7.55. The number of anilines is 3. The van der Waals surface area contributed by atoms with Crippen molar-refractivity contribution < 1.29 is 14.3 Å². The summed E-state index contributed by atoms with van der Waals surface area (Å²) in [6, 6.07) is 11.8. The monoisotopic (exact) mass is 434 g/mol. The number of hydrogen-bond donors (Lipinski definition) is 2. The summed E-state index contributed by atoms with van der Waals surface area (Å²) in [6.45, 7) is 6.86. The Bertz CT molecular complexity index is 1160. The molecule has 1 aliphatic heterocycles. The second-order valence-electron chi connectivity index (χ2n) is 8.50. The Hall–Kier alpha value is -3.39. The van der Waals surface area contributed by atoms with E-state index in [1.54, 1.807) is 20.4 Å². The molecule has 4 rings (SSSR count). The topological polar surface area (TPSA) is 85.4 Å². The number of nitrogens with zero attached hydrogens (tertiary/aromatic N) is 2. The number of carbonyl (C=O) groups excluding carboxylic acids is 1. The number of rotatable bonds is 5. The van der Waals surface area contributed by atoms with Crippen molar-refractivity contribution in [3.63, 3.8) is 0 Å². The third-order valence-electron chi connectivity index (χ3n) is 5.27. The fourth-order valence-corrected chi connectivity index (χ4v) is 4.72. The molecule has 8 heteroatoms. The van der Waals surface area contributed by atoms with Gasteiger partial charge in [-0.05, 0) is 18.2 Å². The van der Waals surface area contributed by atoms with Crippen LogP contribution in [0, 0.1) is 0 Å². The van der Waals surface area contributed by atoms with Crippen molar-refractivity contribution in [3.8, 4) is 22.8 Å². The third-order valence-corrected chi connectivity index (χ3v) is 7.31. The van der Waals surface area contributed by atoms with Crippen LogP contribution in [0.25, 0.3) is 11.3 Å². The maximum absolute atomic E-state index is 12.5.